The van der Waals surface area contributed by atoms with Crippen LogP contribution >= 0.6 is 0 Å². The van der Waals surface area contributed by atoms with Gasteiger partial charge >= 0.3 is 0 Å². The maximum atomic E-state index is 8.14. The highest BCUT2D eigenvalue weighted by molar-refractivity contribution is 5.27. The second-order valence-corrected chi connectivity index (χ2v) is 3.01. The molecule has 0 unspecified atom stereocenters. The Kier molecular flexibility index (Phi) is 5.04. The fourth-order valence-corrected chi connectivity index (χ4v) is 1.26. The molecule has 0 aromatic heterocycles. The molecule has 14 heavy (non-hydrogen) atoms. The van der Waals surface area contributed by atoms with Crippen molar-refractivity contribution in [2.75, 3.05) is 13.2 Å². The molecule has 0 aliphatic heterocycles. The molecule has 0 amide bonds. The van der Waals surface area contributed by atoms with E-state index in [0.29, 0.717) is 13.2 Å². The first-order chi connectivity index (χ1) is 6.86. The van der Waals surface area contributed by atoms with Gasteiger partial charge in [-0.2, -0.15) is 0 Å². The third kappa shape index (κ3) is 3.77. The highest BCUT2D eigenvalue weighted by atomic mass is 17.1. The van der Waals surface area contributed by atoms with Gasteiger partial charge in [0.25, 0.3) is 0 Å². The second kappa shape index (κ2) is 6.40. The van der Waals surface area contributed by atoms with Gasteiger partial charge in [-0.25, -0.2) is 4.89 Å². The Bertz CT molecular complexity index is 243. The number of benzene rings is 1. The zero-order valence-corrected chi connectivity index (χ0v) is 8.40. The van der Waals surface area contributed by atoms with Crippen molar-refractivity contribution in [3.8, 4) is 5.75 Å². The largest absolute Gasteiger partial charge is 0.494 e. The molecule has 0 spiro atoms. The molecule has 0 saturated carbocycles. The van der Waals surface area contributed by atoms with Gasteiger partial charge in [0, 0.05) is 0 Å². The lowest BCUT2D eigenvalue weighted by Crippen LogP contribution is -1.94. The third-order valence-electron chi connectivity index (χ3n) is 1.94. The van der Waals surface area contributed by atoms with Gasteiger partial charge in [0.15, 0.2) is 0 Å². The van der Waals surface area contributed by atoms with E-state index in [1.807, 2.05) is 31.2 Å². The van der Waals surface area contributed by atoms with Crippen molar-refractivity contribution in [3.05, 3.63) is 29.8 Å². The summed E-state index contributed by atoms with van der Waals surface area (Å²) in [7, 11) is 0. The average molecular weight is 196 g/mol. The summed E-state index contributed by atoms with van der Waals surface area (Å²) in [5.74, 6) is 0.898. The van der Waals surface area contributed by atoms with Crippen LogP contribution in [0.4, 0.5) is 0 Å². The van der Waals surface area contributed by atoms with Crippen molar-refractivity contribution in [3.63, 3.8) is 0 Å². The van der Waals surface area contributed by atoms with E-state index in [9.17, 15) is 0 Å². The van der Waals surface area contributed by atoms with Gasteiger partial charge in [-0.1, -0.05) is 12.1 Å². The van der Waals surface area contributed by atoms with Crippen molar-refractivity contribution in [1.82, 2.24) is 0 Å². The van der Waals surface area contributed by atoms with Crippen LogP contribution in [0.1, 0.15) is 18.9 Å². The minimum atomic E-state index is 0.382. The summed E-state index contributed by atoms with van der Waals surface area (Å²) < 4.78 is 5.32. The van der Waals surface area contributed by atoms with E-state index in [-0.39, 0.29) is 0 Å². The van der Waals surface area contributed by atoms with Crippen molar-refractivity contribution < 1.29 is 14.9 Å². The van der Waals surface area contributed by atoms with Gasteiger partial charge in [-0.05, 0) is 37.5 Å². The highest BCUT2D eigenvalue weighted by Gasteiger charge is 1.95. The number of rotatable bonds is 6. The first-order valence-corrected chi connectivity index (χ1v) is 4.85. The predicted octanol–water partition coefficient (Wildman–Crippen LogP) is 2.51. The van der Waals surface area contributed by atoms with Crippen LogP contribution in [-0.4, -0.2) is 18.5 Å². The SMILES string of the molecule is CCOc1ccc(CCCOO)cc1. The summed E-state index contributed by atoms with van der Waals surface area (Å²) in [5.41, 5.74) is 1.23. The average Bonchev–Trinajstić information content (AvgIpc) is 2.21. The summed E-state index contributed by atoms with van der Waals surface area (Å²) in [6.45, 7) is 3.04. The van der Waals surface area contributed by atoms with Crippen LogP contribution in [-0.2, 0) is 11.3 Å². The molecular formula is C11H16O3. The smallest absolute Gasteiger partial charge is 0.119 e. The first kappa shape index (κ1) is 11.0. The van der Waals surface area contributed by atoms with Crippen molar-refractivity contribution in [1.29, 1.82) is 0 Å². The monoisotopic (exact) mass is 196 g/mol. The minimum Gasteiger partial charge on any atom is -0.494 e. The van der Waals surface area contributed by atoms with Gasteiger partial charge in [-0.15, -0.1) is 0 Å². The molecule has 0 heterocycles. The zero-order chi connectivity index (χ0) is 10.2. The third-order valence-corrected chi connectivity index (χ3v) is 1.94. The number of ether oxygens (including phenoxy) is 1. The van der Waals surface area contributed by atoms with E-state index in [1.165, 1.54) is 5.56 Å². The first-order valence-electron chi connectivity index (χ1n) is 4.85. The normalized spacial score (nSPS) is 10.1. The molecular weight excluding hydrogens is 180 g/mol. The van der Waals surface area contributed by atoms with E-state index in [4.69, 9.17) is 9.99 Å². The van der Waals surface area contributed by atoms with Gasteiger partial charge < -0.3 is 4.74 Å². The lowest BCUT2D eigenvalue weighted by Gasteiger charge is -2.04. The Morgan fingerprint density at radius 1 is 1.21 bits per heavy atom. The highest BCUT2D eigenvalue weighted by Crippen LogP contribution is 2.13. The second-order valence-electron chi connectivity index (χ2n) is 3.01. The fourth-order valence-electron chi connectivity index (χ4n) is 1.26. The fraction of sp³-hybridized carbons (Fsp3) is 0.455. The molecule has 0 saturated heterocycles. The van der Waals surface area contributed by atoms with Crippen LogP contribution in [0, 0.1) is 0 Å². The molecule has 1 aromatic rings. The molecule has 1 aromatic carbocycles. The Labute approximate surface area is 84.2 Å². The van der Waals surface area contributed by atoms with Crippen LogP contribution in [0.25, 0.3) is 0 Å². The zero-order valence-electron chi connectivity index (χ0n) is 8.40. The number of hydrogen-bond acceptors (Lipinski definition) is 3. The van der Waals surface area contributed by atoms with Gasteiger partial charge in [-0.3, -0.25) is 5.26 Å². The Morgan fingerprint density at radius 3 is 2.50 bits per heavy atom. The molecule has 78 valence electrons. The molecule has 0 bridgehead atoms. The van der Waals surface area contributed by atoms with Crippen LogP contribution in [0.5, 0.6) is 5.75 Å². The molecule has 1 N–H and O–H groups in total. The standard InChI is InChI=1S/C11H16O3/c1-2-13-11-7-5-10(6-8-11)4-3-9-14-12/h5-8,12H,2-4,9H2,1H3. The van der Waals surface area contributed by atoms with Gasteiger partial charge in [0.1, 0.15) is 5.75 Å². The van der Waals surface area contributed by atoms with Crippen molar-refractivity contribution in [2.24, 2.45) is 0 Å². The lowest BCUT2D eigenvalue weighted by molar-refractivity contribution is -0.242. The van der Waals surface area contributed by atoms with Crippen LogP contribution in [0.15, 0.2) is 24.3 Å². The molecule has 0 aliphatic carbocycles. The topological polar surface area (TPSA) is 38.7 Å². The van der Waals surface area contributed by atoms with E-state index in [0.717, 1.165) is 18.6 Å². The van der Waals surface area contributed by atoms with Gasteiger partial charge in [0.2, 0.25) is 0 Å². The van der Waals surface area contributed by atoms with Gasteiger partial charge in [0.05, 0.1) is 13.2 Å². The molecule has 0 aliphatic rings. The minimum absolute atomic E-state index is 0.382. The van der Waals surface area contributed by atoms with Crippen molar-refractivity contribution in [2.45, 2.75) is 19.8 Å². The lowest BCUT2D eigenvalue weighted by atomic mass is 10.1. The summed E-state index contributed by atoms with van der Waals surface area (Å²) in [6, 6.07) is 7.97. The van der Waals surface area contributed by atoms with Crippen LogP contribution in [0.2, 0.25) is 0 Å². The summed E-state index contributed by atoms with van der Waals surface area (Å²) in [6.07, 6.45) is 1.73. The van der Waals surface area contributed by atoms with E-state index >= 15 is 0 Å². The number of aryl methyl sites for hydroxylation is 1. The summed E-state index contributed by atoms with van der Waals surface area (Å²) in [5, 5.41) is 8.14. The Morgan fingerprint density at radius 2 is 1.93 bits per heavy atom. The summed E-state index contributed by atoms with van der Waals surface area (Å²) in [4.78, 5) is 4.00. The molecule has 1 rings (SSSR count). The molecule has 3 heteroatoms. The summed E-state index contributed by atoms with van der Waals surface area (Å²) >= 11 is 0. The van der Waals surface area contributed by atoms with Crippen LogP contribution < -0.4 is 4.74 Å². The van der Waals surface area contributed by atoms with E-state index in [1.54, 1.807) is 0 Å². The Balaban J connectivity index is 2.38. The molecule has 0 radical (unpaired) electrons. The van der Waals surface area contributed by atoms with Crippen molar-refractivity contribution >= 4 is 0 Å². The Hall–Kier alpha value is -1.06. The predicted molar refractivity (Wildman–Crippen MR) is 54.5 cm³/mol. The molecule has 0 fully saturated rings. The van der Waals surface area contributed by atoms with E-state index < -0.39 is 0 Å². The maximum absolute atomic E-state index is 8.14. The maximum Gasteiger partial charge on any atom is 0.119 e. The van der Waals surface area contributed by atoms with E-state index in [2.05, 4.69) is 4.89 Å². The molecule has 0 atom stereocenters. The van der Waals surface area contributed by atoms with Crippen LogP contribution in [0.3, 0.4) is 0 Å². The number of hydrogen-bond donors (Lipinski definition) is 1. The molecule has 3 nitrogen and oxygen atoms in total. The quantitative estimate of drug-likeness (QED) is 0.431.